The van der Waals surface area contributed by atoms with E-state index in [9.17, 15) is 4.79 Å². The summed E-state index contributed by atoms with van der Waals surface area (Å²) in [5, 5.41) is 3.14. The Kier molecular flexibility index (Phi) is 6.82. The van der Waals surface area contributed by atoms with Crippen LogP contribution in [0, 0.1) is 5.92 Å². The molecule has 7 rings (SSSR count). The first-order valence-electron chi connectivity index (χ1n) is 12.8. The lowest BCUT2D eigenvalue weighted by Gasteiger charge is -2.49. The minimum atomic E-state index is 0. The van der Waals surface area contributed by atoms with E-state index in [4.69, 9.17) is 0 Å². The molecule has 0 spiro atoms. The summed E-state index contributed by atoms with van der Waals surface area (Å²) in [5.41, 5.74) is 8.00. The highest BCUT2D eigenvalue weighted by atomic mass is 35.5. The molecule has 1 N–H and O–H groups in total. The molecule has 4 heteroatoms. The molecular weight excluding hydrogens is 452 g/mol. The molecule has 0 aromatic heterocycles. The van der Waals surface area contributed by atoms with E-state index < -0.39 is 0 Å². The Morgan fingerprint density at radius 1 is 0.829 bits per heavy atom. The maximum atomic E-state index is 13.1. The summed E-state index contributed by atoms with van der Waals surface area (Å²) in [4.78, 5) is 13.1. The number of anilines is 1. The number of nitrogens with one attached hydrogen (secondary N) is 1. The number of rotatable bonds is 5. The molecule has 0 atom stereocenters. The molecule has 0 unspecified atom stereocenters. The second-order valence-electron chi connectivity index (χ2n) is 10.5. The third kappa shape index (κ3) is 5.07. The van der Waals surface area contributed by atoms with Gasteiger partial charge in [0.25, 0.3) is 5.91 Å². The van der Waals surface area contributed by atoms with Gasteiger partial charge in [0.15, 0.2) is 0 Å². The maximum absolute atomic E-state index is 13.1. The standard InChI is InChI=1S/C31H32N2O.ClH/c34-31(28-11-9-26-8-10-27(20-29(26)21-28)25-4-2-1-3-5-25)32-30-12-6-24(7-13-30)22-33-17-14-23(15-18-33)16-19-33;/h1-8,10,12-13,20-21,23H,9,11,14-19,22H2;1H. The number of benzene rings is 3. The summed E-state index contributed by atoms with van der Waals surface area (Å²) in [6, 6.07) is 25.6. The van der Waals surface area contributed by atoms with Crippen LogP contribution in [0.5, 0.6) is 0 Å². The van der Waals surface area contributed by atoms with Crippen molar-refractivity contribution in [3.8, 4) is 11.1 Å². The van der Waals surface area contributed by atoms with Crippen molar-refractivity contribution >= 4 is 17.7 Å². The third-order valence-corrected chi connectivity index (χ3v) is 8.30. The fraction of sp³-hybridized carbons (Fsp3) is 0.323. The first kappa shape index (κ1) is 23.8. The summed E-state index contributed by atoms with van der Waals surface area (Å²) in [7, 11) is 0. The monoisotopic (exact) mass is 484 g/mol. The van der Waals surface area contributed by atoms with Crippen molar-refractivity contribution in [3.63, 3.8) is 0 Å². The van der Waals surface area contributed by atoms with E-state index in [1.54, 1.807) is 0 Å². The molecule has 2 bridgehead atoms. The zero-order valence-electron chi connectivity index (χ0n) is 20.2. The molecule has 35 heavy (non-hydrogen) atoms. The molecule has 0 radical (unpaired) electrons. The summed E-state index contributed by atoms with van der Waals surface area (Å²) in [5.74, 6) is 1.01. The summed E-state index contributed by atoms with van der Waals surface area (Å²) in [6.45, 7) is 5.15. The van der Waals surface area contributed by atoms with Crippen LogP contribution < -0.4 is 17.7 Å². The van der Waals surface area contributed by atoms with Gasteiger partial charge in [-0.15, -0.1) is 0 Å². The number of nitrogens with zero attached hydrogens (tertiary/aromatic N) is 1. The second-order valence-corrected chi connectivity index (χ2v) is 10.5. The molecule has 1 aliphatic carbocycles. The Labute approximate surface area is 214 Å². The molecule has 3 nitrogen and oxygen atoms in total. The van der Waals surface area contributed by atoms with Crippen molar-refractivity contribution in [2.45, 2.75) is 38.6 Å². The molecule has 3 aliphatic heterocycles. The van der Waals surface area contributed by atoms with Crippen LogP contribution in [0.25, 0.3) is 17.2 Å². The number of halogens is 1. The van der Waals surface area contributed by atoms with Gasteiger partial charge in [0, 0.05) is 16.8 Å². The van der Waals surface area contributed by atoms with Crippen LogP contribution in [0.2, 0.25) is 0 Å². The largest absolute Gasteiger partial charge is 1.00 e. The number of fused-ring (bicyclic) bond motifs is 4. The average molecular weight is 485 g/mol. The fourth-order valence-corrected chi connectivity index (χ4v) is 6.14. The van der Waals surface area contributed by atoms with Crippen LogP contribution in [0.3, 0.4) is 0 Å². The SMILES string of the molecule is O=C(Nc1ccc(C[N+]23CCC(CC2)CC3)cc1)C1=Cc2cc(-c3ccccc3)ccc2CC1.[Cl-]. The van der Waals surface area contributed by atoms with Gasteiger partial charge in [-0.3, -0.25) is 4.79 Å². The van der Waals surface area contributed by atoms with Crippen LogP contribution in [-0.2, 0) is 17.8 Å². The predicted octanol–water partition coefficient (Wildman–Crippen LogP) is 3.46. The smallest absolute Gasteiger partial charge is 0.251 e. The number of quaternary nitrogens is 1. The molecule has 1 amide bonds. The second kappa shape index (κ2) is 10.0. The number of carbonyl (C=O) groups excluding carboxylic acids is 1. The fourth-order valence-electron chi connectivity index (χ4n) is 6.14. The van der Waals surface area contributed by atoms with E-state index in [-0.39, 0.29) is 18.3 Å². The highest BCUT2D eigenvalue weighted by Crippen LogP contribution is 2.35. The van der Waals surface area contributed by atoms with Gasteiger partial charge in [0.2, 0.25) is 0 Å². The Hall–Kier alpha value is -2.88. The Bertz CT molecular complexity index is 1210. The molecule has 4 aliphatic rings. The topological polar surface area (TPSA) is 29.1 Å². The van der Waals surface area contributed by atoms with Gasteiger partial charge in [0.05, 0.1) is 19.6 Å². The lowest BCUT2D eigenvalue weighted by atomic mass is 9.85. The van der Waals surface area contributed by atoms with E-state index in [0.717, 1.165) is 42.1 Å². The number of piperidine rings is 3. The molecule has 3 heterocycles. The van der Waals surface area contributed by atoms with Crippen molar-refractivity contribution in [2.75, 3.05) is 25.0 Å². The van der Waals surface area contributed by atoms with Crippen LogP contribution in [0.4, 0.5) is 5.69 Å². The molecule has 3 fully saturated rings. The highest BCUT2D eigenvalue weighted by Gasteiger charge is 2.39. The molecule has 0 saturated carbocycles. The van der Waals surface area contributed by atoms with Crippen LogP contribution in [0.1, 0.15) is 42.4 Å². The summed E-state index contributed by atoms with van der Waals surface area (Å²) in [6.07, 6.45) is 7.97. The maximum Gasteiger partial charge on any atom is 0.251 e. The van der Waals surface area contributed by atoms with E-state index in [1.807, 2.05) is 6.07 Å². The minimum absolute atomic E-state index is 0. The lowest BCUT2D eigenvalue weighted by molar-refractivity contribution is -0.955. The zero-order chi connectivity index (χ0) is 23.0. The lowest BCUT2D eigenvalue weighted by Crippen LogP contribution is -3.00. The van der Waals surface area contributed by atoms with Crippen molar-refractivity contribution in [3.05, 3.63) is 95.1 Å². The van der Waals surface area contributed by atoms with Crippen LogP contribution in [0.15, 0.2) is 78.4 Å². The van der Waals surface area contributed by atoms with Gasteiger partial charge >= 0.3 is 0 Å². The quantitative estimate of drug-likeness (QED) is 0.552. The van der Waals surface area contributed by atoms with Crippen molar-refractivity contribution in [1.29, 1.82) is 0 Å². The van der Waals surface area contributed by atoms with Gasteiger partial charge in [-0.05, 0) is 84.6 Å². The molecule has 180 valence electrons. The number of amides is 1. The van der Waals surface area contributed by atoms with Gasteiger partial charge in [-0.2, -0.15) is 0 Å². The number of carbonyl (C=O) groups is 1. The Morgan fingerprint density at radius 3 is 2.26 bits per heavy atom. The first-order chi connectivity index (χ1) is 16.7. The highest BCUT2D eigenvalue weighted by molar-refractivity contribution is 6.07. The summed E-state index contributed by atoms with van der Waals surface area (Å²) < 4.78 is 1.26. The van der Waals surface area contributed by atoms with E-state index in [1.165, 1.54) is 65.6 Å². The summed E-state index contributed by atoms with van der Waals surface area (Å²) >= 11 is 0. The Morgan fingerprint density at radius 2 is 1.54 bits per heavy atom. The normalized spacial score (nSPS) is 22.5. The number of hydrogen-bond acceptors (Lipinski definition) is 1. The van der Waals surface area contributed by atoms with Crippen molar-refractivity contribution < 1.29 is 21.7 Å². The molecule has 3 aromatic rings. The van der Waals surface area contributed by atoms with E-state index in [0.29, 0.717) is 0 Å². The average Bonchev–Trinajstić information content (AvgIpc) is 2.90. The Balaban J connectivity index is 0.00000253. The van der Waals surface area contributed by atoms with Gasteiger partial charge in [-0.25, -0.2) is 0 Å². The van der Waals surface area contributed by atoms with Gasteiger partial charge < -0.3 is 22.2 Å². The molecular formula is C31H33ClN2O. The minimum Gasteiger partial charge on any atom is -1.00 e. The van der Waals surface area contributed by atoms with Crippen LogP contribution in [-0.4, -0.2) is 30.0 Å². The molecule has 3 saturated heterocycles. The van der Waals surface area contributed by atoms with Crippen LogP contribution >= 0.6 is 0 Å². The van der Waals surface area contributed by atoms with Crippen molar-refractivity contribution in [2.24, 2.45) is 5.92 Å². The van der Waals surface area contributed by atoms with Gasteiger partial charge in [-0.1, -0.05) is 54.6 Å². The van der Waals surface area contributed by atoms with E-state index in [2.05, 4.69) is 78.1 Å². The zero-order valence-corrected chi connectivity index (χ0v) is 20.9. The number of aryl methyl sites for hydroxylation is 1. The first-order valence-corrected chi connectivity index (χ1v) is 12.8. The number of hydrogen-bond donors (Lipinski definition) is 1. The third-order valence-electron chi connectivity index (χ3n) is 8.30. The van der Waals surface area contributed by atoms with Crippen molar-refractivity contribution in [1.82, 2.24) is 0 Å². The van der Waals surface area contributed by atoms with Gasteiger partial charge in [0.1, 0.15) is 6.54 Å². The molecule has 3 aromatic carbocycles. The van der Waals surface area contributed by atoms with E-state index >= 15 is 0 Å². The predicted molar refractivity (Wildman–Crippen MR) is 139 cm³/mol.